The van der Waals surface area contributed by atoms with E-state index in [1.807, 2.05) is 42.5 Å². The van der Waals surface area contributed by atoms with Gasteiger partial charge in [-0.1, -0.05) is 66.7 Å². The summed E-state index contributed by atoms with van der Waals surface area (Å²) in [6, 6.07) is 20.3. The molecule has 2 aromatic carbocycles. The summed E-state index contributed by atoms with van der Waals surface area (Å²) in [6.07, 6.45) is 5.09. The second kappa shape index (κ2) is 7.89. The first-order chi connectivity index (χ1) is 11.3. The Labute approximate surface area is 137 Å². The van der Waals surface area contributed by atoms with Gasteiger partial charge < -0.3 is 0 Å². The molecule has 2 aromatic rings. The quantitative estimate of drug-likeness (QED) is 0.748. The standard InChI is InChI=1S/C21H22FN/c22-21(12-11-18-7-3-1-4-8-18)20-13-15-23(16-14-20)17-19-9-5-2-6-10-19/h1-12H,13-17H2/b12-11+. The summed E-state index contributed by atoms with van der Waals surface area (Å²) >= 11 is 0. The van der Waals surface area contributed by atoms with Crippen molar-refractivity contribution in [2.75, 3.05) is 13.1 Å². The minimum atomic E-state index is -0.0618. The maximum Gasteiger partial charge on any atom is 0.122 e. The molecule has 1 heterocycles. The van der Waals surface area contributed by atoms with Crippen molar-refractivity contribution in [3.63, 3.8) is 0 Å². The minimum Gasteiger partial charge on any atom is -0.298 e. The normalized spacial score (nSPS) is 16.0. The van der Waals surface area contributed by atoms with Gasteiger partial charge in [0.15, 0.2) is 0 Å². The SMILES string of the molecule is FC(/C=C/c1ccccc1)=C1CCN(Cc2ccccc2)CC1. The van der Waals surface area contributed by atoms with Crippen LogP contribution in [0.1, 0.15) is 24.0 Å². The molecular weight excluding hydrogens is 285 g/mol. The summed E-state index contributed by atoms with van der Waals surface area (Å²) in [4.78, 5) is 2.40. The van der Waals surface area contributed by atoms with Gasteiger partial charge in [0.25, 0.3) is 0 Å². The van der Waals surface area contributed by atoms with E-state index in [1.54, 1.807) is 6.08 Å². The fraction of sp³-hybridized carbons (Fsp3) is 0.238. The second-order valence-electron chi connectivity index (χ2n) is 5.96. The van der Waals surface area contributed by atoms with Gasteiger partial charge in [0.1, 0.15) is 5.83 Å². The van der Waals surface area contributed by atoms with Crippen molar-refractivity contribution in [1.29, 1.82) is 0 Å². The predicted octanol–water partition coefficient (Wildman–Crippen LogP) is 5.22. The predicted molar refractivity (Wildman–Crippen MR) is 94.6 cm³/mol. The van der Waals surface area contributed by atoms with Crippen LogP contribution in [0.25, 0.3) is 6.08 Å². The number of benzene rings is 2. The Kier molecular flexibility index (Phi) is 5.38. The van der Waals surface area contributed by atoms with Crippen LogP contribution in [0, 0.1) is 0 Å². The lowest BCUT2D eigenvalue weighted by Gasteiger charge is -2.28. The lowest BCUT2D eigenvalue weighted by atomic mass is 10.0. The van der Waals surface area contributed by atoms with Gasteiger partial charge in [-0.25, -0.2) is 4.39 Å². The van der Waals surface area contributed by atoms with Crippen molar-refractivity contribution >= 4 is 6.08 Å². The molecule has 118 valence electrons. The highest BCUT2D eigenvalue weighted by molar-refractivity contribution is 5.52. The molecule has 0 aliphatic carbocycles. The maximum absolute atomic E-state index is 14.3. The van der Waals surface area contributed by atoms with Crippen LogP contribution in [0.3, 0.4) is 0 Å². The molecule has 0 saturated carbocycles. The first-order valence-electron chi connectivity index (χ1n) is 8.18. The number of hydrogen-bond donors (Lipinski definition) is 0. The number of halogens is 1. The van der Waals surface area contributed by atoms with Gasteiger partial charge in [0, 0.05) is 19.6 Å². The first kappa shape index (κ1) is 15.7. The van der Waals surface area contributed by atoms with Crippen molar-refractivity contribution in [3.05, 3.63) is 89.3 Å². The largest absolute Gasteiger partial charge is 0.298 e. The zero-order chi connectivity index (χ0) is 15.9. The Balaban J connectivity index is 1.56. The monoisotopic (exact) mass is 307 g/mol. The molecule has 23 heavy (non-hydrogen) atoms. The molecule has 1 nitrogen and oxygen atoms in total. The van der Waals surface area contributed by atoms with Crippen LogP contribution in [0.2, 0.25) is 0 Å². The smallest absolute Gasteiger partial charge is 0.122 e. The molecule has 1 aliphatic rings. The van der Waals surface area contributed by atoms with Crippen LogP contribution in [-0.2, 0) is 6.54 Å². The Morgan fingerprint density at radius 3 is 2.17 bits per heavy atom. The average molecular weight is 307 g/mol. The van der Waals surface area contributed by atoms with Crippen LogP contribution in [0.15, 0.2) is 78.1 Å². The fourth-order valence-electron chi connectivity index (χ4n) is 2.91. The van der Waals surface area contributed by atoms with E-state index in [0.717, 1.165) is 43.6 Å². The van der Waals surface area contributed by atoms with E-state index in [2.05, 4.69) is 29.2 Å². The van der Waals surface area contributed by atoms with Gasteiger partial charge in [0.05, 0.1) is 0 Å². The number of rotatable bonds is 4. The molecule has 0 aromatic heterocycles. The van der Waals surface area contributed by atoms with Gasteiger partial charge in [-0.3, -0.25) is 4.90 Å². The Morgan fingerprint density at radius 1 is 0.913 bits per heavy atom. The molecule has 0 unspecified atom stereocenters. The van der Waals surface area contributed by atoms with Crippen LogP contribution >= 0.6 is 0 Å². The zero-order valence-corrected chi connectivity index (χ0v) is 13.3. The summed E-state index contributed by atoms with van der Waals surface area (Å²) in [6.45, 7) is 2.81. The number of likely N-dealkylation sites (tertiary alicyclic amines) is 1. The highest BCUT2D eigenvalue weighted by atomic mass is 19.1. The van der Waals surface area contributed by atoms with Crippen LogP contribution in [0.4, 0.5) is 4.39 Å². The van der Waals surface area contributed by atoms with E-state index in [9.17, 15) is 4.39 Å². The van der Waals surface area contributed by atoms with Gasteiger partial charge in [-0.2, -0.15) is 0 Å². The summed E-state index contributed by atoms with van der Waals surface area (Å²) < 4.78 is 14.3. The second-order valence-corrected chi connectivity index (χ2v) is 5.96. The van der Waals surface area contributed by atoms with E-state index in [0.29, 0.717) is 0 Å². The third-order valence-electron chi connectivity index (χ3n) is 4.27. The Bertz CT molecular complexity index is 664. The number of hydrogen-bond acceptors (Lipinski definition) is 1. The number of piperidine rings is 1. The van der Waals surface area contributed by atoms with Crippen LogP contribution in [0.5, 0.6) is 0 Å². The van der Waals surface area contributed by atoms with Crippen molar-refractivity contribution in [3.8, 4) is 0 Å². The molecule has 1 saturated heterocycles. The molecule has 0 atom stereocenters. The molecule has 1 fully saturated rings. The van der Waals surface area contributed by atoms with E-state index < -0.39 is 0 Å². The lowest BCUT2D eigenvalue weighted by Crippen LogP contribution is -2.30. The topological polar surface area (TPSA) is 3.24 Å². The maximum atomic E-state index is 14.3. The first-order valence-corrected chi connectivity index (χ1v) is 8.18. The summed E-state index contributed by atoms with van der Waals surface area (Å²) in [5.41, 5.74) is 3.30. The van der Waals surface area contributed by atoms with E-state index >= 15 is 0 Å². The van der Waals surface area contributed by atoms with Crippen LogP contribution in [-0.4, -0.2) is 18.0 Å². The average Bonchev–Trinajstić information content (AvgIpc) is 2.62. The van der Waals surface area contributed by atoms with Gasteiger partial charge in [-0.05, 0) is 35.6 Å². The molecule has 1 aliphatic heterocycles. The molecule has 0 amide bonds. The Morgan fingerprint density at radius 2 is 1.52 bits per heavy atom. The highest BCUT2D eigenvalue weighted by Gasteiger charge is 2.16. The molecule has 2 heteroatoms. The molecular formula is C21H22FN. The number of allylic oxidation sites excluding steroid dienone is 2. The third kappa shape index (κ3) is 4.64. The molecule has 0 radical (unpaired) electrons. The molecule has 0 N–H and O–H groups in total. The Hall–Kier alpha value is -2.19. The van der Waals surface area contributed by atoms with Crippen molar-refractivity contribution in [2.45, 2.75) is 19.4 Å². The van der Waals surface area contributed by atoms with E-state index in [4.69, 9.17) is 0 Å². The number of nitrogens with zero attached hydrogens (tertiary/aromatic N) is 1. The minimum absolute atomic E-state index is 0.0618. The molecule has 0 spiro atoms. The van der Waals surface area contributed by atoms with E-state index in [-0.39, 0.29) is 5.83 Å². The van der Waals surface area contributed by atoms with Gasteiger partial charge in [-0.15, -0.1) is 0 Å². The zero-order valence-electron chi connectivity index (χ0n) is 13.3. The third-order valence-corrected chi connectivity index (χ3v) is 4.27. The fourth-order valence-corrected chi connectivity index (χ4v) is 2.91. The van der Waals surface area contributed by atoms with Gasteiger partial charge >= 0.3 is 0 Å². The van der Waals surface area contributed by atoms with Crippen molar-refractivity contribution in [1.82, 2.24) is 4.90 Å². The van der Waals surface area contributed by atoms with Gasteiger partial charge in [0.2, 0.25) is 0 Å². The highest BCUT2D eigenvalue weighted by Crippen LogP contribution is 2.23. The van der Waals surface area contributed by atoms with Crippen LogP contribution < -0.4 is 0 Å². The summed E-state index contributed by atoms with van der Waals surface area (Å²) in [5, 5.41) is 0. The van der Waals surface area contributed by atoms with Crippen molar-refractivity contribution in [2.24, 2.45) is 0 Å². The molecule has 3 rings (SSSR count). The van der Waals surface area contributed by atoms with Crippen molar-refractivity contribution < 1.29 is 4.39 Å². The summed E-state index contributed by atoms with van der Waals surface area (Å²) in [5.74, 6) is -0.0618. The molecule has 0 bridgehead atoms. The summed E-state index contributed by atoms with van der Waals surface area (Å²) in [7, 11) is 0. The lowest BCUT2D eigenvalue weighted by molar-refractivity contribution is 0.246. The van der Waals surface area contributed by atoms with E-state index in [1.165, 1.54) is 5.56 Å².